The number of hydrogen-bond acceptors (Lipinski definition) is 3. The molecule has 0 aliphatic carbocycles. The molecule has 0 aromatic heterocycles. The van der Waals surface area contributed by atoms with Gasteiger partial charge in [-0.25, -0.2) is 0 Å². The van der Waals surface area contributed by atoms with Gasteiger partial charge in [0.1, 0.15) is 0 Å². The summed E-state index contributed by atoms with van der Waals surface area (Å²) in [6.45, 7) is 12.6. The van der Waals surface area contributed by atoms with E-state index in [2.05, 4.69) is 57.7 Å². The van der Waals surface area contributed by atoms with Gasteiger partial charge in [-0.1, -0.05) is 43.8 Å². The lowest BCUT2D eigenvalue weighted by molar-refractivity contribution is -0.113. The van der Waals surface area contributed by atoms with E-state index in [4.69, 9.17) is 4.74 Å². The summed E-state index contributed by atoms with van der Waals surface area (Å²) in [6, 6.07) is 8.36. The highest BCUT2D eigenvalue weighted by molar-refractivity contribution is 5.96. The molecule has 2 rings (SSSR count). The maximum absolute atomic E-state index is 11.7. The molecule has 3 heteroatoms. The lowest BCUT2D eigenvalue weighted by atomic mass is 9.97. The average molecular weight is 364 g/mol. The quantitative estimate of drug-likeness (QED) is 0.593. The Labute approximate surface area is 163 Å². The first-order valence-corrected chi connectivity index (χ1v) is 9.23. The minimum Gasteiger partial charge on any atom is -0.378 e. The van der Waals surface area contributed by atoms with Crippen LogP contribution in [0.2, 0.25) is 0 Å². The molecule has 27 heavy (non-hydrogen) atoms. The van der Waals surface area contributed by atoms with Crippen LogP contribution in [-0.2, 0) is 9.53 Å². The first-order chi connectivity index (χ1) is 12.9. The second kappa shape index (κ2) is 9.33. The van der Waals surface area contributed by atoms with E-state index in [-0.39, 0.29) is 5.78 Å². The minimum absolute atomic E-state index is 0.0377. The largest absolute Gasteiger partial charge is 0.378 e. The van der Waals surface area contributed by atoms with E-state index in [0.717, 1.165) is 17.8 Å². The van der Waals surface area contributed by atoms with Crippen LogP contribution in [0.5, 0.6) is 0 Å². The highest BCUT2D eigenvalue weighted by Gasteiger charge is 2.19. The number of carbonyl (C=O) groups is 1. The van der Waals surface area contributed by atoms with Gasteiger partial charge in [0, 0.05) is 24.6 Å². The number of hydrogen-bond donors (Lipinski definition) is 0. The van der Waals surface area contributed by atoms with Crippen LogP contribution in [0, 0.1) is 6.92 Å². The van der Waals surface area contributed by atoms with E-state index in [0.29, 0.717) is 12.2 Å². The molecule has 0 radical (unpaired) electrons. The van der Waals surface area contributed by atoms with Crippen LogP contribution in [0.15, 0.2) is 77.3 Å². The van der Waals surface area contributed by atoms with Gasteiger partial charge in [-0.3, -0.25) is 4.79 Å². The van der Waals surface area contributed by atoms with Gasteiger partial charge in [-0.2, -0.15) is 0 Å². The highest BCUT2D eigenvalue weighted by atomic mass is 16.5. The molecule has 0 bridgehead atoms. The monoisotopic (exact) mass is 363 g/mol. The molecule has 0 N–H and O–H groups in total. The molecule has 0 spiro atoms. The molecule has 1 heterocycles. The van der Waals surface area contributed by atoms with Crippen molar-refractivity contribution in [2.45, 2.75) is 34.1 Å². The Hall–Kier alpha value is -2.65. The highest BCUT2D eigenvalue weighted by Crippen LogP contribution is 2.29. The number of nitrogens with zero attached hydrogens (tertiary/aromatic N) is 1. The predicted molar refractivity (Wildman–Crippen MR) is 113 cm³/mol. The summed E-state index contributed by atoms with van der Waals surface area (Å²) in [5, 5.41) is 0. The van der Waals surface area contributed by atoms with E-state index in [1.54, 1.807) is 14.0 Å². The van der Waals surface area contributed by atoms with E-state index in [9.17, 15) is 4.79 Å². The van der Waals surface area contributed by atoms with Crippen molar-refractivity contribution in [1.29, 1.82) is 0 Å². The summed E-state index contributed by atoms with van der Waals surface area (Å²) in [6.07, 6.45) is 8.65. The number of ketones is 1. The van der Waals surface area contributed by atoms with Gasteiger partial charge in [-0.05, 0) is 61.6 Å². The first-order valence-electron chi connectivity index (χ1n) is 9.23. The first kappa shape index (κ1) is 20.7. The van der Waals surface area contributed by atoms with Crippen molar-refractivity contribution in [3.8, 4) is 0 Å². The Kier molecular flexibility index (Phi) is 7.14. The van der Waals surface area contributed by atoms with Gasteiger partial charge >= 0.3 is 0 Å². The Morgan fingerprint density at radius 1 is 1.26 bits per heavy atom. The molecular formula is C24H29NO2. The van der Waals surface area contributed by atoms with E-state index >= 15 is 0 Å². The van der Waals surface area contributed by atoms with Gasteiger partial charge in [-0.15, -0.1) is 0 Å². The maximum atomic E-state index is 11.7. The Bertz CT molecular complexity index is 853. The molecule has 0 amide bonds. The lowest BCUT2D eigenvalue weighted by Gasteiger charge is -2.29. The third-order valence-electron chi connectivity index (χ3n) is 4.75. The molecule has 1 aromatic carbocycles. The second-order valence-corrected chi connectivity index (χ2v) is 6.73. The van der Waals surface area contributed by atoms with Crippen molar-refractivity contribution in [2.24, 2.45) is 0 Å². The van der Waals surface area contributed by atoms with Crippen LogP contribution >= 0.6 is 0 Å². The van der Waals surface area contributed by atoms with Gasteiger partial charge < -0.3 is 9.64 Å². The van der Waals surface area contributed by atoms with Crippen LogP contribution in [0.3, 0.4) is 0 Å². The topological polar surface area (TPSA) is 29.5 Å². The van der Waals surface area contributed by atoms with Crippen molar-refractivity contribution in [1.82, 2.24) is 4.90 Å². The van der Waals surface area contributed by atoms with Crippen LogP contribution < -0.4 is 0 Å². The average Bonchev–Trinajstić information content (AvgIpc) is 2.63. The summed E-state index contributed by atoms with van der Waals surface area (Å²) < 4.78 is 5.50. The third kappa shape index (κ3) is 4.95. The van der Waals surface area contributed by atoms with Gasteiger partial charge in [0.05, 0.1) is 12.3 Å². The molecule has 0 saturated heterocycles. The molecule has 0 atom stereocenters. The number of benzene rings is 1. The lowest BCUT2D eigenvalue weighted by Crippen LogP contribution is -2.23. The number of aryl methyl sites for hydroxylation is 1. The summed E-state index contributed by atoms with van der Waals surface area (Å²) >= 11 is 0. The molecule has 1 aromatic rings. The van der Waals surface area contributed by atoms with E-state index in [1.165, 1.54) is 22.3 Å². The third-order valence-corrected chi connectivity index (χ3v) is 4.75. The van der Waals surface area contributed by atoms with Gasteiger partial charge in [0.2, 0.25) is 0 Å². The molecule has 142 valence electrons. The van der Waals surface area contributed by atoms with Gasteiger partial charge in [0.15, 0.2) is 5.78 Å². The van der Waals surface area contributed by atoms with Crippen LogP contribution in [0.4, 0.5) is 0 Å². The SMILES string of the molecule is C=C1C=C(C(C)=O)C=CN1/C(COC)=C(CC)/C(C)=C/c1ccccc1C. The molecule has 1 aliphatic heterocycles. The molecule has 1 aliphatic rings. The molecular weight excluding hydrogens is 334 g/mol. The number of allylic oxidation sites excluding steroid dienone is 5. The number of rotatable bonds is 7. The summed E-state index contributed by atoms with van der Waals surface area (Å²) in [7, 11) is 1.70. The maximum Gasteiger partial charge on any atom is 0.159 e. The molecule has 0 saturated carbocycles. The predicted octanol–water partition coefficient (Wildman–Crippen LogP) is 5.57. The zero-order valence-corrected chi connectivity index (χ0v) is 17.0. The second-order valence-electron chi connectivity index (χ2n) is 6.73. The fourth-order valence-corrected chi connectivity index (χ4v) is 3.25. The zero-order valence-electron chi connectivity index (χ0n) is 17.0. The Balaban J connectivity index is 2.49. The Morgan fingerprint density at radius 2 is 1.96 bits per heavy atom. The fraction of sp³-hybridized carbons (Fsp3) is 0.292. The summed E-state index contributed by atoms with van der Waals surface area (Å²) in [5.41, 5.74) is 7.35. The van der Waals surface area contributed by atoms with Crippen LogP contribution in [0.1, 0.15) is 38.3 Å². The van der Waals surface area contributed by atoms with Gasteiger partial charge in [0.25, 0.3) is 0 Å². The molecule has 0 fully saturated rings. The minimum atomic E-state index is 0.0377. The molecule has 0 unspecified atom stereocenters. The number of methoxy groups -OCH3 is 1. The number of carbonyl (C=O) groups excluding carboxylic acids is 1. The number of ether oxygens (including phenoxy) is 1. The van der Waals surface area contributed by atoms with Crippen LogP contribution in [-0.4, -0.2) is 24.4 Å². The molecule has 3 nitrogen and oxygen atoms in total. The standard InChI is InChI=1S/C24H29NO2/c1-7-23(18(3)14-21-11-9-8-10-17(21)2)24(16-27-6)25-13-12-22(20(5)26)15-19(25)4/h8-15H,4,7,16H2,1-3,5-6H3/b18-14+,24-23+. The van der Waals surface area contributed by atoms with Crippen molar-refractivity contribution in [2.75, 3.05) is 13.7 Å². The van der Waals surface area contributed by atoms with Crippen molar-refractivity contribution >= 4 is 11.9 Å². The van der Waals surface area contributed by atoms with Crippen molar-refractivity contribution in [3.05, 3.63) is 88.4 Å². The van der Waals surface area contributed by atoms with Crippen LogP contribution in [0.25, 0.3) is 6.08 Å². The number of Topliss-reactive ketones (excluding diaryl/α,β-unsaturated/α-hetero) is 1. The van der Waals surface area contributed by atoms with E-state index in [1.807, 2.05) is 23.3 Å². The Morgan fingerprint density at radius 3 is 2.52 bits per heavy atom. The smallest absolute Gasteiger partial charge is 0.159 e. The summed E-state index contributed by atoms with van der Waals surface area (Å²) in [5.74, 6) is 0.0377. The normalized spacial score (nSPS) is 15.6. The zero-order chi connectivity index (χ0) is 20.0. The summed E-state index contributed by atoms with van der Waals surface area (Å²) in [4.78, 5) is 13.7. The van der Waals surface area contributed by atoms with Crippen molar-refractivity contribution < 1.29 is 9.53 Å². The fourth-order valence-electron chi connectivity index (χ4n) is 3.25. The van der Waals surface area contributed by atoms with Crippen molar-refractivity contribution in [3.63, 3.8) is 0 Å². The van der Waals surface area contributed by atoms with E-state index < -0.39 is 0 Å².